The van der Waals surface area contributed by atoms with Crippen molar-refractivity contribution >= 4 is 0 Å². The molecule has 0 spiro atoms. The molecule has 15 heavy (non-hydrogen) atoms. The molecule has 0 aromatic carbocycles. The summed E-state index contributed by atoms with van der Waals surface area (Å²) in [6, 6.07) is 0. The van der Waals surface area contributed by atoms with Gasteiger partial charge < -0.3 is 0 Å². The fourth-order valence-electron chi connectivity index (χ4n) is 1.41. The van der Waals surface area contributed by atoms with Crippen LogP contribution in [-0.4, -0.2) is 15.0 Å². The average molecular weight is 209 g/mol. The SMILES string of the molecule is CC(C)(C)C(C)(C)CCCn1ccnn1. The van der Waals surface area contributed by atoms with Crippen LogP contribution in [0.25, 0.3) is 0 Å². The van der Waals surface area contributed by atoms with Crippen LogP contribution < -0.4 is 0 Å². The van der Waals surface area contributed by atoms with E-state index < -0.39 is 0 Å². The lowest BCUT2D eigenvalue weighted by Crippen LogP contribution is -2.29. The van der Waals surface area contributed by atoms with Crippen molar-refractivity contribution in [3.05, 3.63) is 12.4 Å². The van der Waals surface area contributed by atoms with Crippen LogP contribution in [0.1, 0.15) is 47.5 Å². The van der Waals surface area contributed by atoms with E-state index in [4.69, 9.17) is 0 Å². The Balaban J connectivity index is 2.37. The van der Waals surface area contributed by atoms with E-state index in [2.05, 4.69) is 44.9 Å². The number of nitrogens with zero attached hydrogens (tertiary/aromatic N) is 3. The van der Waals surface area contributed by atoms with Crippen LogP contribution in [0.5, 0.6) is 0 Å². The maximum absolute atomic E-state index is 3.96. The Hall–Kier alpha value is -0.860. The molecule has 0 N–H and O–H groups in total. The third-order valence-electron chi connectivity index (χ3n) is 3.69. The van der Waals surface area contributed by atoms with Crippen molar-refractivity contribution < 1.29 is 0 Å². The van der Waals surface area contributed by atoms with Crippen LogP contribution in [0.15, 0.2) is 12.4 Å². The molecule has 0 unspecified atom stereocenters. The Labute approximate surface area is 92.9 Å². The fourth-order valence-corrected chi connectivity index (χ4v) is 1.41. The first-order chi connectivity index (χ1) is 6.83. The van der Waals surface area contributed by atoms with E-state index in [-0.39, 0.29) is 0 Å². The second-order valence-electron chi connectivity index (χ2n) is 5.90. The predicted octanol–water partition coefficient (Wildman–Crippen LogP) is 3.13. The smallest absolute Gasteiger partial charge is 0.0692 e. The van der Waals surface area contributed by atoms with Gasteiger partial charge in [0.15, 0.2) is 0 Å². The van der Waals surface area contributed by atoms with Gasteiger partial charge in [0.1, 0.15) is 0 Å². The molecule has 0 saturated carbocycles. The minimum atomic E-state index is 0.357. The molecular formula is C12H23N3. The van der Waals surface area contributed by atoms with Gasteiger partial charge in [0.2, 0.25) is 0 Å². The summed E-state index contributed by atoms with van der Waals surface area (Å²) in [6.07, 6.45) is 6.03. The number of rotatable bonds is 4. The Morgan fingerprint density at radius 1 is 1.13 bits per heavy atom. The van der Waals surface area contributed by atoms with Crippen LogP contribution in [0, 0.1) is 10.8 Å². The molecule has 0 radical (unpaired) electrons. The largest absolute Gasteiger partial charge is 0.253 e. The lowest BCUT2D eigenvalue weighted by molar-refractivity contribution is 0.114. The van der Waals surface area contributed by atoms with Crippen molar-refractivity contribution in [1.29, 1.82) is 0 Å². The summed E-state index contributed by atoms with van der Waals surface area (Å²) in [5.41, 5.74) is 0.725. The molecule has 1 heterocycles. The van der Waals surface area contributed by atoms with Crippen molar-refractivity contribution in [2.45, 2.75) is 54.0 Å². The first-order valence-electron chi connectivity index (χ1n) is 5.67. The van der Waals surface area contributed by atoms with Gasteiger partial charge in [-0.05, 0) is 23.7 Å². The molecule has 3 nitrogen and oxygen atoms in total. The van der Waals surface area contributed by atoms with Gasteiger partial charge >= 0.3 is 0 Å². The summed E-state index contributed by atoms with van der Waals surface area (Å²) in [7, 11) is 0. The highest BCUT2D eigenvalue weighted by Crippen LogP contribution is 2.41. The van der Waals surface area contributed by atoms with E-state index >= 15 is 0 Å². The summed E-state index contributed by atoms with van der Waals surface area (Å²) in [6.45, 7) is 12.6. The Morgan fingerprint density at radius 2 is 1.80 bits per heavy atom. The summed E-state index contributed by atoms with van der Waals surface area (Å²) >= 11 is 0. The molecule has 0 bridgehead atoms. The van der Waals surface area contributed by atoms with E-state index in [0.29, 0.717) is 10.8 Å². The molecule has 0 saturated heterocycles. The van der Waals surface area contributed by atoms with Gasteiger partial charge in [0, 0.05) is 12.7 Å². The minimum Gasteiger partial charge on any atom is -0.253 e. The number of hydrogen-bond acceptors (Lipinski definition) is 2. The lowest BCUT2D eigenvalue weighted by Gasteiger charge is -2.39. The first-order valence-corrected chi connectivity index (χ1v) is 5.67. The van der Waals surface area contributed by atoms with Crippen LogP contribution in [0.3, 0.4) is 0 Å². The van der Waals surface area contributed by atoms with E-state index in [1.807, 2.05) is 10.9 Å². The summed E-state index contributed by atoms with van der Waals surface area (Å²) in [5, 5.41) is 7.76. The van der Waals surface area contributed by atoms with Gasteiger partial charge in [-0.25, -0.2) is 0 Å². The normalized spacial score (nSPS) is 13.1. The highest BCUT2D eigenvalue weighted by Gasteiger charge is 2.31. The monoisotopic (exact) mass is 209 g/mol. The molecule has 0 aliphatic rings. The van der Waals surface area contributed by atoms with Crippen molar-refractivity contribution in [3.63, 3.8) is 0 Å². The zero-order valence-electron chi connectivity index (χ0n) is 10.6. The predicted molar refractivity (Wildman–Crippen MR) is 62.5 cm³/mol. The van der Waals surface area contributed by atoms with Crippen molar-refractivity contribution in [1.82, 2.24) is 15.0 Å². The standard InChI is InChI=1S/C12H23N3/c1-11(2,3)12(4,5)7-6-9-15-10-8-13-14-15/h8,10H,6-7,9H2,1-5H3. The molecule has 0 atom stereocenters. The maximum Gasteiger partial charge on any atom is 0.0692 e. The zero-order valence-corrected chi connectivity index (χ0v) is 10.6. The number of aryl methyl sites for hydroxylation is 1. The molecule has 0 fully saturated rings. The van der Waals surface area contributed by atoms with Gasteiger partial charge in [-0.15, -0.1) is 5.10 Å². The maximum atomic E-state index is 3.96. The van der Waals surface area contributed by atoms with Crippen molar-refractivity contribution in [2.75, 3.05) is 0 Å². The third-order valence-corrected chi connectivity index (χ3v) is 3.69. The molecule has 1 rings (SSSR count). The van der Waals surface area contributed by atoms with E-state index in [1.165, 1.54) is 6.42 Å². The van der Waals surface area contributed by atoms with Gasteiger partial charge in [0.05, 0.1) is 6.20 Å². The Kier molecular flexibility index (Phi) is 3.53. The zero-order chi connectivity index (χ0) is 11.5. The van der Waals surface area contributed by atoms with Crippen molar-refractivity contribution in [3.8, 4) is 0 Å². The van der Waals surface area contributed by atoms with Gasteiger partial charge in [-0.2, -0.15) is 0 Å². The number of hydrogen-bond donors (Lipinski definition) is 0. The molecule has 0 amide bonds. The lowest BCUT2D eigenvalue weighted by atomic mass is 9.67. The number of aromatic nitrogens is 3. The fraction of sp³-hybridized carbons (Fsp3) is 0.833. The highest BCUT2D eigenvalue weighted by molar-refractivity contribution is 4.82. The summed E-state index contributed by atoms with van der Waals surface area (Å²) in [4.78, 5) is 0. The molecular weight excluding hydrogens is 186 g/mol. The first kappa shape index (κ1) is 12.2. The molecule has 0 aliphatic carbocycles. The van der Waals surface area contributed by atoms with E-state index in [1.54, 1.807) is 6.20 Å². The van der Waals surface area contributed by atoms with Crippen LogP contribution in [0.4, 0.5) is 0 Å². The van der Waals surface area contributed by atoms with Crippen molar-refractivity contribution in [2.24, 2.45) is 10.8 Å². The second kappa shape index (κ2) is 4.33. The quantitative estimate of drug-likeness (QED) is 0.762. The molecule has 0 aliphatic heterocycles. The van der Waals surface area contributed by atoms with Crippen LogP contribution >= 0.6 is 0 Å². The van der Waals surface area contributed by atoms with E-state index in [0.717, 1.165) is 13.0 Å². The van der Waals surface area contributed by atoms with Gasteiger partial charge in [0.25, 0.3) is 0 Å². The Bertz CT molecular complexity index is 280. The van der Waals surface area contributed by atoms with Gasteiger partial charge in [-0.3, -0.25) is 4.68 Å². The topological polar surface area (TPSA) is 30.7 Å². The van der Waals surface area contributed by atoms with Gasteiger partial charge in [-0.1, -0.05) is 39.8 Å². The molecule has 86 valence electrons. The third kappa shape index (κ3) is 3.33. The van der Waals surface area contributed by atoms with Crippen LogP contribution in [-0.2, 0) is 6.54 Å². The Morgan fingerprint density at radius 3 is 2.27 bits per heavy atom. The summed E-state index contributed by atoms with van der Waals surface area (Å²) in [5.74, 6) is 0. The van der Waals surface area contributed by atoms with E-state index in [9.17, 15) is 0 Å². The summed E-state index contributed by atoms with van der Waals surface area (Å²) < 4.78 is 1.90. The molecule has 1 aromatic heterocycles. The minimum absolute atomic E-state index is 0.357. The molecule has 3 heteroatoms. The second-order valence-corrected chi connectivity index (χ2v) is 5.90. The highest BCUT2D eigenvalue weighted by atomic mass is 15.4. The average Bonchev–Trinajstić information content (AvgIpc) is 2.54. The van der Waals surface area contributed by atoms with Crippen LogP contribution in [0.2, 0.25) is 0 Å². The molecule has 1 aromatic rings.